The fraction of sp³-hybridized carbons (Fsp3) is 0.263. The molecule has 3 nitrogen and oxygen atoms in total. The molecule has 0 aliphatic carbocycles. The highest BCUT2D eigenvalue weighted by molar-refractivity contribution is 5.75. The SMILES string of the molecule is C=C(NC(C)c1ccc(C)cc1)c1ccc(NC)c(NC)c1. The van der Waals surface area contributed by atoms with Crippen LogP contribution in [-0.2, 0) is 0 Å². The first kappa shape index (κ1) is 16.0. The van der Waals surface area contributed by atoms with Crippen molar-refractivity contribution >= 4 is 17.1 Å². The molecule has 3 N–H and O–H groups in total. The normalized spacial score (nSPS) is 11.6. The van der Waals surface area contributed by atoms with Crippen molar-refractivity contribution in [3.8, 4) is 0 Å². The number of hydrogen-bond acceptors (Lipinski definition) is 3. The van der Waals surface area contributed by atoms with Crippen molar-refractivity contribution in [2.24, 2.45) is 0 Å². The van der Waals surface area contributed by atoms with Gasteiger partial charge in [-0.25, -0.2) is 0 Å². The molecule has 2 aromatic rings. The molecule has 116 valence electrons. The Morgan fingerprint density at radius 2 is 1.59 bits per heavy atom. The minimum absolute atomic E-state index is 0.218. The Balaban J connectivity index is 2.13. The summed E-state index contributed by atoms with van der Waals surface area (Å²) in [7, 11) is 3.84. The number of nitrogens with one attached hydrogen (secondary N) is 3. The van der Waals surface area contributed by atoms with Gasteiger partial charge in [-0.05, 0) is 37.1 Å². The fourth-order valence-corrected chi connectivity index (χ4v) is 2.44. The summed E-state index contributed by atoms with van der Waals surface area (Å²) in [6.45, 7) is 8.43. The lowest BCUT2D eigenvalue weighted by Gasteiger charge is -2.19. The predicted octanol–water partition coefficient (Wildman–Crippen LogP) is 4.40. The van der Waals surface area contributed by atoms with E-state index in [9.17, 15) is 0 Å². The van der Waals surface area contributed by atoms with Crippen LogP contribution in [0, 0.1) is 6.92 Å². The van der Waals surface area contributed by atoms with Crippen LogP contribution in [0.4, 0.5) is 11.4 Å². The molecule has 3 heteroatoms. The smallest absolute Gasteiger partial charge is 0.0580 e. The number of hydrogen-bond donors (Lipinski definition) is 3. The minimum atomic E-state index is 0.218. The Bertz CT molecular complexity index is 644. The Hall–Kier alpha value is -2.42. The van der Waals surface area contributed by atoms with E-state index in [1.165, 1.54) is 11.1 Å². The summed E-state index contributed by atoms with van der Waals surface area (Å²) in [5.74, 6) is 0. The highest BCUT2D eigenvalue weighted by atomic mass is 14.9. The molecule has 0 radical (unpaired) electrons. The molecule has 0 heterocycles. The summed E-state index contributed by atoms with van der Waals surface area (Å²) in [4.78, 5) is 0. The number of rotatable bonds is 6. The van der Waals surface area contributed by atoms with Gasteiger partial charge in [-0.3, -0.25) is 0 Å². The van der Waals surface area contributed by atoms with Gasteiger partial charge in [0.15, 0.2) is 0 Å². The summed E-state index contributed by atoms with van der Waals surface area (Å²) in [6, 6.07) is 15.0. The van der Waals surface area contributed by atoms with Gasteiger partial charge in [0.2, 0.25) is 0 Å². The summed E-state index contributed by atoms with van der Waals surface area (Å²) in [5, 5.41) is 9.85. The molecule has 0 fully saturated rings. The van der Waals surface area contributed by atoms with Crippen molar-refractivity contribution in [3.05, 3.63) is 65.7 Å². The van der Waals surface area contributed by atoms with E-state index in [0.717, 1.165) is 22.6 Å². The van der Waals surface area contributed by atoms with Crippen molar-refractivity contribution < 1.29 is 0 Å². The van der Waals surface area contributed by atoms with Crippen molar-refractivity contribution in [2.45, 2.75) is 19.9 Å². The highest BCUT2D eigenvalue weighted by Gasteiger charge is 2.09. The molecule has 0 bridgehead atoms. The van der Waals surface area contributed by atoms with Gasteiger partial charge in [0, 0.05) is 25.8 Å². The van der Waals surface area contributed by atoms with E-state index in [2.05, 4.69) is 78.8 Å². The summed E-state index contributed by atoms with van der Waals surface area (Å²) < 4.78 is 0. The molecule has 0 saturated heterocycles. The largest absolute Gasteiger partial charge is 0.386 e. The van der Waals surface area contributed by atoms with Crippen LogP contribution >= 0.6 is 0 Å². The Morgan fingerprint density at radius 3 is 2.18 bits per heavy atom. The Morgan fingerprint density at radius 1 is 0.955 bits per heavy atom. The van der Waals surface area contributed by atoms with Crippen LogP contribution in [0.25, 0.3) is 5.70 Å². The quantitative estimate of drug-likeness (QED) is 0.739. The first-order valence-corrected chi connectivity index (χ1v) is 7.57. The van der Waals surface area contributed by atoms with E-state index in [1.54, 1.807) is 0 Å². The third-order valence-corrected chi connectivity index (χ3v) is 3.87. The zero-order valence-electron chi connectivity index (χ0n) is 13.8. The standard InChI is InChI=1S/C19H25N3/c1-13-6-8-16(9-7-13)14(2)22-15(3)17-10-11-18(20-4)19(12-17)21-5/h6-12,14,20-22H,3H2,1-2,4-5H3. The third-order valence-electron chi connectivity index (χ3n) is 3.87. The lowest BCUT2D eigenvalue weighted by atomic mass is 10.0. The topological polar surface area (TPSA) is 36.1 Å². The first-order valence-electron chi connectivity index (χ1n) is 7.57. The summed E-state index contributed by atoms with van der Waals surface area (Å²) in [5.41, 5.74) is 6.68. The second-order valence-corrected chi connectivity index (χ2v) is 5.52. The van der Waals surface area contributed by atoms with Gasteiger partial charge in [0.05, 0.1) is 11.4 Å². The fourth-order valence-electron chi connectivity index (χ4n) is 2.44. The maximum absolute atomic E-state index is 4.18. The molecule has 0 aromatic heterocycles. The van der Waals surface area contributed by atoms with Crippen molar-refractivity contribution in [1.29, 1.82) is 0 Å². The second-order valence-electron chi connectivity index (χ2n) is 5.52. The first-order chi connectivity index (χ1) is 10.5. The number of aryl methyl sites for hydroxylation is 1. The number of anilines is 2. The predicted molar refractivity (Wildman–Crippen MR) is 97.3 cm³/mol. The average molecular weight is 295 g/mol. The van der Waals surface area contributed by atoms with Crippen LogP contribution in [0.3, 0.4) is 0 Å². The molecule has 0 saturated carbocycles. The molecule has 2 rings (SSSR count). The van der Waals surface area contributed by atoms with Crippen LogP contribution in [-0.4, -0.2) is 14.1 Å². The van der Waals surface area contributed by atoms with Crippen LogP contribution in [0.1, 0.15) is 29.7 Å². The molecule has 0 aliphatic rings. The van der Waals surface area contributed by atoms with E-state index in [1.807, 2.05) is 14.1 Å². The molecule has 1 atom stereocenters. The Labute approximate surface area is 133 Å². The molecule has 22 heavy (non-hydrogen) atoms. The number of benzene rings is 2. The van der Waals surface area contributed by atoms with Crippen molar-refractivity contribution in [2.75, 3.05) is 24.7 Å². The third kappa shape index (κ3) is 3.61. The van der Waals surface area contributed by atoms with Gasteiger partial charge in [0.25, 0.3) is 0 Å². The Kier molecular flexibility index (Phi) is 5.10. The van der Waals surface area contributed by atoms with E-state index in [-0.39, 0.29) is 6.04 Å². The van der Waals surface area contributed by atoms with Gasteiger partial charge in [-0.15, -0.1) is 0 Å². The molecule has 1 unspecified atom stereocenters. The molecular weight excluding hydrogens is 270 g/mol. The van der Waals surface area contributed by atoms with Crippen LogP contribution in [0.2, 0.25) is 0 Å². The maximum Gasteiger partial charge on any atom is 0.0580 e. The lowest BCUT2D eigenvalue weighted by molar-refractivity contribution is 0.701. The average Bonchev–Trinajstić information content (AvgIpc) is 2.54. The zero-order valence-corrected chi connectivity index (χ0v) is 13.8. The molecule has 0 amide bonds. The second kappa shape index (κ2) is 7.03. The van der Waals surface area contributed by atoms with Gasteiger partial charge in [0.1, 0.15) is 0 Å². The highest BCUT2D eigenvalue weighted by Crippen LogP contribution is 2.26. The van der Waals surface area contributed by atoms with Crippen molar-refractivity contribution in [1.82, 2.24) is 5.32 Å². The van der Waals surface area contributed by atoms with Gasteiger partial charge in [-0.1, -0.05) is 42.5 Å². The van der Waals surface area contributed by atoms with E-state index >= 15 is 0 Å². The van der Waals surface area contributed by atoms with Crippen LogP contribution in [0.15, 0.2) is 49.0 Å². The lowest BCUT2D eigenvalue weighted by Crippen LogP contribution is -2.16. The minimum Gasteiger partial charge on any atom is -0.386 e. The molecular formula is C19H25N3. The molecule has 2 aromatic carbocycles. The monoisotopic (exact) mass is 295 g/mol. The van der Waals surface area contributed by atoms with Gasteiger partial charge < -0.3 is 16.0 Å². The van der Waals surface area contributed by atoms with Gasteiger partial charge >= 0.3 is 0 Å². The van der Waals surface area contributed by atoms with Gasteiger partial charge in [-0.2, -0.15) is 0 Å². The summed E-state index contributed by atoms with van der Waals surface area (Å²) in [6.07, 6.45) is 0. The van der Waals surface area contributed by atoms with Crippen LogP contribution in [0.5, 0.6) is 0 Å². The van der Waals surface area contributed by atoms with Crippen molar-refractivity contribution in [3.63, 3.8) is 0 Å². The van der Waals surface area contributed by atoms with E-state index < -0.39 is 0 Å². The van der Waals surface area contributed by atoms with Crippen LogP contribution < -0.4 is 16.0 Å². The van der Waals surface area contributed by atoms with E-state index in [4.69, 9.17) is 0 Å². The molecule has 0 aliphatic heterocycles. The maximum atomic E-state index is 4.18. The van der Waals surface area contributed by atoms with E-state index in [0.29, 0.717) is 0 Å². The zero-order chi connectivity index (χ0) is 16.1. The molecule has 0 spiro atoms. The summed E-state index contributed by atoms with van der Waals surface area (Å²) >= 11 is 0.